The summed E-state index contributed by atoms with van der Waals surface area (Å²) < 4.78 is 25.1. The molecule has 0 unspecified atom stereocenters. The molecule has 35 heavy (non-hydrogen) atoms. The van der Waals surface area contributed by atoms with Gasteiger partial charge in [-0.3, -0.25) is 5.10 Å². The summed E-state index contributed by atoms with van der Waals surface area (Å²) in [5.74, 6) is -0.197. The van der Waals surface area contributed by atoms with Crippen molar-refractivity contribution in [1.29, 1.82) is 5.26 Å². The van der Waals surface area contributed by atoms with Crippen molar-refractivity contribution >= 4 is 23.2 Å². The van der Waals surface area contributed by atoms with Gasteiger partial charge in [0, 0.05) is 11.1 Å². The molecule has 0 aliphatic carbocycles. The lowest BCUT2D eigenvalue weighted by Gasteiger charge is -2.25. The minimum Gasteiger partial charge on any atom is -0.489 e. The Labute approximate surface area is 210 Å². The summed E-state index contributed by atoms with van der Waals surface area (Å²) >= 11 is 12.4. The largest absolute Gasteiger partial charge is 0.489 e. The predicted molar refractivity (Wildman–Crippen MR) is 131 cm³/mol. The number of nitrogens with one attached hydrogen (secondary N) is 1. The highest BCUT2D eigenvalue weighted by molar-refractivity contribution is 6.42. The highest BCUT2D eigenvalue weighted by atomic mass is 35.5. The lowest BCUT2D eigenvalue weighted by atomic mass is 9.82. The summed E-state index contributed by atoms with van der Waals surface area (Å²) in [7, 11) is 0. The van der Waals surface area contributed by atoms with Crippen LogP contribution in [-0.2, 0) is 6.61 Å². The second-order valence-electron chi connectivity index (χ2n) is 7.82. The van der Waals surface area contributed by atoms with E-state index in [0.717, 1.165) is 5.56 Å². The van der Waals surface area contributed by atoms with Crippen molar-refractivity contribution in [3.05, 3.63) is 111 Å². The molecule has 0 saturated carbocycles. The van der Waals surface area contributed by atoms with Gasteiger partial charge >= 0.3 is 0 Å². The lowest BCUT2D eigenvalue weighted by Crippen LogP contribution is -2.21. The zero-order valence-corrected chi connectivity index (χ0v) is 19.6. The molecule has 6 nitrogen and oxygen atoms in total. The third-order valence-corrected chi connectivity index (χ3v) is 6.42. The van der Waals surface area contributed by atoms with Crippen molar-refractivity contribution < 1.29 is 13.9 Å². The van der Waals surface area contributed by atoms with E-state index in [-0.39, 0.29) is 29.8 Å². The fourth-order valence-electron chi connectivity index (χ4n) is 4.02. The molecule has 2 heterocycles. The Morgan fingerprint density at radius 2 is 1.86 bits per heavy atom. The summed E-state index contributed by atoms with van der Waals surface area (Å²) in [5.41, 5.74) is 9.77. The predicted octanol–water partition coefficient (Wildman–Crippen LogP) is 6.32. The van der Waals surface area contributed by atoms with E-state index in [4.69, 9.17) is 38.4 Å². The molecule has 5 rings (SSSR count). The Hall–Kier alpha value is -3.99. The number of fused-ring (bicyclic) bond motifs is 1. The average Bonchev–Trinajstić information content (AvgIpc) is 3.28. The van der Waals surface area contributed by atoms with Crippen LogP contribution in [0.4, 0.5) is 4.39 Å². The number of halogens is 3. The topological polar surface area (TPSA) is 97.0 Å². The molecule has 1 atom stereocenters. The first-order valence-corrected chi connectivity index (χ1v) is 11.3. The summed E-state index contributed by atoms with van der Waals surface area (Å²) in [6.45, 7) is 0.208. The molecule has 3 aromatic carbocycles. The first-order chi connectivity index (χ1) is 17.0. The van der Waals surface area contributed by atoms with Gasteiger partial charge in [0.2, 0.25) is 11.8 Å². The first-order valence-electron chi connectivity index (χ1n) is 10.5. The fraction of sp³-hybridized carbons (Fsp3) is 0.0769. The highest BCUT2D eigenvalue weighted by Gasteiger charge is 2.37. The molecule has 0 fully saturated rings. The number of allylic oxidation sites excluding steroid dienone is 1. The second kappa shape index (κ2) is 9.34. The van der Waals surface area contributed by atoms with Crippen molar-refractivity contribution in [3.8, 4) is 29.0 Å². The van der Waals surface area contributed by atoms with E-state index < -0.39 is 5.92 Å². The van der Waals surface area contributed by atoms with E-state index in [2.05, 4.69) is 16.3 Å². The number of ether oxygens (including phenoxy) is 2. The van der Waals surface area contributed by atoms with Crippen molar-refractivity contribution in [2.45, 2.75) is 12.5 Å². The van der Waals surface area contributed by atoms with Crippen molar-refractivity contribution in [1.82, 2.24) is 10.2 Å². The van der Waals surface area contributed by atoms with E-state index in [0.29, 0.717) is 38.2 Å². The molecular formula is C26H17Cl2FN4O2. The van der Waals surface area contributed by atoms with E-state index in [9.17, 15) is 9.65 Å². The summed E-state index contributed by atoms with van der Waals surface area (Å²) in [4.78, 5) is 0. The van der Waals surface area contributed by atoms with Crippen LogP contribution in [0.15, 0.2) is 78.2 Å². The van der Waals surface area contributed by atoms with Crippen molar-refractivity contribution in [2.24, 2.45) is 5.73 Å². The zero-order chi connectivity index (χ0) is 24.5. The molecule has 1 aliphatic rings. The van der Waals surface area contributed by atoms with Crippen LogP contribution >= 0.6 is 23.2 Å². The maximum Gasteiger partial charge on any atom is 0.244 e. The molecule has 4 aromatic rings. The zero-order valence-electron chi connectivity index (χ0n) is 18.1. The number of aromatic amines is 1. The Kier molecular flexibility index (Phi) is 6.08. The quantitative estimate of drug-likeness (QED) is 0.330. The molecule has 9 heteroatoms. The van der Waals surface area contributed by atoms with E-state index in [1.54, 1.807) is 36.4 Å². The number of nitrogens with two attached hydrogens (primary N) is 1. The highest BCUT2D eigenvalue weighted by Crippen LogP contribution is 2.48. The standard InChI is InChI=1S/C26H17Cl2FN4O2/c27-19-10-7-15(11-20(19)28)24-23-22(18(12-30)25(31)35-26(23)33-32-24)17-3-1-2-4-21(17)34-13-14-5-8-16(29)9-6-14/h1-11,22H,13,31H2,(H,32,33)/t22-/m1/s1. The molecule has 0 radical (unpaired) electrons. The molecule has 174 valence electrons. The van der Waals surface area contributed by atoms with Crippen LogP contribution in [0.3, 0.4) is 0 Å². The molecule has 0 spiro atoms. The van der Waals surface area contributed by atoms with Crippen LogP contribution in [0.5, 0.6) is 11.6 Å². The number of nitrogens with zero attached hydrogens (tertiary/aromatic N) is 2. The van der Waals surface area contributed by atoms with Gasteiger partial charge in [0.25, 0.3) is 0 Å². The van der Waals surface area contributed by atoms with Gasteiger partial charge in [0.1, 0.15) is 29.8 Å². The normalized spacial score (nSPS) is 14.7. The smallest absolute Gasteiger partial charge is 0.244 e. The van der Waals surface area contributed by atoms with Crippen LogP contribution in [0.25, 0.3) is 11.3 Å². The third kappa shape index (κ3) is 4.30. The number of H-pyrrole nitrogens is 1. The third-order valence-electron chi connectivity index (χ3n) is 5.68. The van der Waals surface area contributed by atoms with Gasteiger partial charge in [0.05, 0.1) is 27.2 Å². The molecule has 1 aliphatic heterocycles. The number of aromatic nitrogens is 2. The van der Waals surface area contributed by atoms with Crippen LogP contribution in [0.2, 0.25) is 10.0 Å². The Bertz CT molecular complexity index is 1490. The number of para-hydroxylation sites is 1. The number of benzene rings is 3. The van der Waals surface area contributed by atoms with Crippen LogP contribution in [0, 0.1) is 17.1 Å². The van der Waals surface area contributed by atoms with Crippen LogP contribution < -0.4 is 15.2 Å². The van der Waals surface area contributed by atoms with Gasteiger partial charge in [-0.05, 0) is 35.9 Å². The van der Waals surface area contributed by atoms with Gasteiger partial charge in [-0.25, -0.2) is 4.39 Å². The summed E-state index contributed by atoms with van der Waals surface area (Å²) in [6.07, 6.45) is 0. The Morgan fingerprint density at radius 3 is 2.60 bits per heavy atom. The minimum atomic E-state index is -0.628. The summed E-state index contributed by atoms with van der Waals surface area (Å²) in [6, 6.07) is 20.8. The number of hydrogen-bond donors (Lipinski definition) is 2. The number of nitriles is 1. The summed E-state index contributed by atoms with van der Waals surface area (Å²) in [5, 5.41) is 18.1. The molecule has 0 amide bonds. The Morgan fingerprint density at radius 1 is 1.09 bits per heavy atom. The number of hydrogen-bond acceptors (Lipinski definition) is 5. The molecule has 0 saturated heterocycles. The van der Waals surface area contributed by atoms with Crippen LogP contribution in [-0.4, -0.2) is 10.2 Å². The van der Waals surface area contributed by atoms with Crippen molar-refractivity contribution in [2.75, 3.05) is 0 Å². The second-order valence-corrected chi connectivity index (χ2v) is 8.64. The fourth-order valence-corrected chi connectivity index (χ4v) is 4.32. The van der Waals surface area contributed by atoms with Crippen LogP contribution in [0.1, 0.15) is 22.6 Å². The van der Waals surface area contributed by atoms with E-state index in [1.165, 1.54) is 12.1 Å². The minimum absolute atomic E-state index is 0.0365. The van der Waals surface area contributed by atoms with E-state index in [1.807, 2.05) is 18.2 Å². The molecular weight excluding hydrogens is 490 g/mol. The van der Waals surface area contributed by atoms with E-state index >= 15 is 0 Å². The van der Waals surface area contributed by atoms with Gasteiger partial charge < -0.3 is 15.2 Å². The van der Waals surface area contributed by atoms with Crippen molar-refractivity contribution in [3.63, 3.8) is 0 Å². The van der Waals surface area contributed by atoms with Gasteiger partial charge in [0.15, 0.2) is 0 Å². The molecule has 3 N–H and O–H groups in total. The number of rotatable bonds is 5. The SMILES string of the molecule is N#CC1=C(N)Oc2n[nH]c(-c3ccc(Cl)c(Cl)c3)c2[C@@H]1c1ccccc1OCc1ccc(F)cc1. The van der Waals surface area contributed by atoms with Gasteiger partial charge in [-0.2, -0.15) is 5.26 Å². The lowest BCUT2D eigenvalue weighted by molar-refractivity contribution is 0.301. The maximum absolute atomic E-state index is 13.3. The van der Waals surface area contributed by atoms with Gasteiger partial charge in [-0.15, -0.1) is 5.10 Å². The average molecular weight is 507 g/mol. The Balaban J connectivity index is 1.61. The molecule has 1 aromatic heterocycles. The molecule has 0 bridgehead atoms. The first kappa shape index (κ1) is 22.8. The monoisotopic (exact) mass is 506 g/mol. The maximum atomic E-state index is 13.3. The van der Waals surface area contributed by atoms with Gasteiger partial charge in [-0.1, -0.05) is 59.6 Å².